The van der Waals surface area contributed by atoms with Crippen LogP contribution in [-0.4, -0.2) is 36.7 Å². The van der Waals surface area contributed by atoms with E-state index in [0.717, 1.165) is 4.90 Å². The lowest BCUT2D eigenvalue weighted by atomic mass is 10.1. The predicted molar refractivity (Wildman–Crippen MR) is 177 cm³/mol. The van der Waals surface area contributed by atoms with Gasteiger partial charge in [-0.05, 0) is 86.2 Å². The Morgan fingerprint density at radius 3 is 2.30 bits per heavy atom. The molecule has 4 rings (SSSR count). The van der Waals surface area contributed by atoms with Crippen molar-refractivity contribution in [3.05, 3.63) is 119 Å². The van der Waals surface area contributed by atoms with Gasteiger partial charge in [0.25, 0.3) is 11.8 Å². The zero-order valence-electron chi connectivity index (χ0n) is 24.4. The summed E-state index contributed by atoms with van der Waals surface area (Å²) in [5.41, 5.74) is 2.24. The molecular formula is C34H32ClN3O5S. The molecule has 0 saturated heterocycles. The molecule has 10 heteroatoms. The molecule has 8 nitrogen and oxygen atoms in total. The Kier molecular flexibility index (Phi) is 11.5. The molecule has 3 N–H and O–H groups in total. The first-order valence-electron chi connectivity index (χ1n) is 13.8. The maximum atomic E-state index is 13.5. The third-order valence-electron chi connectivity index (χ3n) is 6.22. The molecule has 3 amide bonds. The van der Waals surface area contributed by atoms with Crippen molar-refractivity contribution in [3.8, 4) is 11.5 Å². The average molecular weight is 630 g/mol. The molecule has 1 atom stereocenters. The van der Waals surface area contributed by atoms with Crippen LogP contribution in [0.4, 0.5) is 11.4 Å². The smallest absolute Gasteiger partial charge is 0.272 e. The largest absolute Gasteiger partial charge is 0.495 e. The Morgan fingerprint density at radius 1 is 0.886 bits per heavy atom. The van der Waals surface area contributed by atoms with Crippen LogP contribution in [0, 0.1) is 0 Å². The highest BCUT2D eigenvalue weighted by Gasteiger charge is 2.18. The first-order valence-corrected chi connectivity index (χ1v) is 15.0. The van der Waals surface area contributed by atoms with Crippen molar-refractivity contribution in [1.82, 2.24) is 5.32 Å². The van der Waals surface area contributed by atoms with Crippen LogP contribution in [0.2, 0.25) is 5.02 Å². The number of nitrogens with one attached hydrogen (secondary N) is 3. The van der Waals surface area contributed by atoms with Gasteiger partial charge in [-0.25, -0.2) is 0 Å². The molecule has 0 aromatic heterocycles. The summed E-state index contributed by atoms with van der Waals surface area (Å²) in [7, 11) is 1.52. The second-order valence-electron chi connectivity index (χ2n) is 9.46. The topological polar surface area (TPSA) is 106 Å². The quantitative estimate of drug-likeness (QED) is 0.112. The molecule has 226 valence electrons. The van der Waals surface area contributed by atoms with E-state index in [1.165, 1.54) is 18.9 Å². The fraction of sp³-hybridized carbons (Fsp3) is 0.147. The minimum atomic E-state index is -0.507. The lowest BCUT2D eigenvalue weighted by molar-refractivity contribution is -0.115. The molecule has 0 aliphatic carbocycles. The molecule has 0 bridgehead atoms. The Balaban J connectivity index is 1.47. The molecule has 4 aromatic rings. The van der Waals surface area contributed by atoms with Gasteiger partial charge in [0.1, 0.15) is 17.2 Å². The van der Waals surface area contributed by atoms with Gasteiger partial charge in [0.15, 0.2) is 0 Å². The lowest BCUT2D eigenvalue weighted by Crippen LogP contribution is -2.30. The minimum Gasteiger partial charge on any atom is -0.495 e. The summed E-state index contributed by atoms with van der Waals surface area (Å²) in [4.78, 5) is 40.0. The molecule has 44 heavy (non-hydrogen) atoms. The number of ether oxygens (including phenoxy) is 2. The number of halogens is 1. The van der Waals surface area contributed by atoms with Crippen LogP contribution in [0.25, 0.3) is 6.08 Å². The van der Waals surface area contributed by atoms with E-state index >= 15 is 0 Å². The molecule has 1 unspecified atom stereocenters. The summed E-state index contributed by atoms with van der Waals surface area (Å²) in [6.07, 6.45) is 1.60. The van der Waals surface area contributed by atoms with E-state index in [9.17, 15) is 14.4 Å². The van der Waals surface area contributed by atoms with Crippen molar-refractivity contribution in [2.75, 3.05) is 24.4 Å². The standard InChI is InChI=1S/C34H32ClN3O5S/c1-4-43-27-16-13-23(14-17-27)19-30(38-33(40)24-9-6-5-7-10-24)34(41)37-25-11-8-12-28(20-25)44-22(2)32(39)36-26-15-18-31(42-3)29(35)21-26/h5-22H,4H2,1-3H3,(H,36,39)(H,37,41)(H,38,40)/b30-19+. The molecular weight excluding hydrogens is 598 g/mol. The maximum Gasteiger partial charge on any atom is 0.272 e. The maximum absolute atomic E-state index is 13.5. The van der Waals surface area contributed by atoms with Crippen molar-refractivity contribution in [2.24, 2.45) is 0 Å². The van der Waals surface area contributed by atoms with Crippen LogP contribution >= 0.6 is 23.4 Å². The highest BCUT2D eigenvalue weighted by molar-refractivity contribution is 8.00. The van der Waals surface area contributed by atoms with Crippen molar-refractivity contribution in [2.45, 2.75) is 24.0 Å². The van der Waals surface area contributed by atoms with E-state index in [1.54, 1.807) is 97.9 Å². The van der Waals surface area contributed by atoms with E-state index in [4.69, 9.17) is 21.1 Å². The zero-order chi connectivity index (χ0) is 31.5. The number of thioether (sulfide) groups is 1. The number of carbonyl (C=O) groups is 3. The number of anilines is 2. The lowest BCUT2D eigenvalue weighted by Gasteiger charge is -2.14. The normalized spacial score (nSPS) is 11.7. The molecule has 0 aliphatic rings. The summed E-state index contributed by atoms with van der Waals surface area (Å²) in [5, 5.41) is 8.40. The van der Waals surface area contributed by atoms with Crippen molar-refractivity contribution < 1.29 is 23.9 Å². The Hall–Kier alpha value is -4.73. The number of methoxy groups -OCH3 is 1. The van der Waals surface area contributed by atoms with E-state index in [1.807, 2.05) is 19.1 Å². The number of rotatable bonds is 12. The van der Waals surface area contributed by atoms with Gasteiger partial charge in [0, 0.05) is 21.8 Å². The number of amides is 3. The van der Waals surface area contributed by atoms with E-state index in [2.05, 4.69) is 16.0 Å². The second kappa shape index (κ2) is 15.7. The fourth-order valence-corrected chi connectivity index (χ4v) is 5.21. The minimum absolute atomic E-state index is 0.0620. The first kappa shape index (κ1) is 32.2. The summed E-state index contributed by atoms with van der Waals surface area (Å²) in [6, 6.07) is 28.0. The summed E-state index contributed by atoms with van der Waals surface area (Å²) >= 11 is 7.51. The van der Waals surface area contributed by atoms with Crippen molar-refractivity contribution in [1.29, 1.82) is 0 Å². The fourth-order valence-electron chi connectivity index (χ4n) is 4.03. The molecule has 4 aromatic carbocycles. The summed E-state index contributed by atoms with van der Waals surface area (Å²) in [5.74, 6) is 0.0830. The van der Waals surface area contributed by atoms with Gasteiger partial charge in [-0.15, -0.1) is 11.8 Å². The molecule has 0 spiro atoms. The number of carbonyl (C=O) groups excluding carboxylic acids is 3. The second-order valence-corrected chi connectivity index (χ2v) is 11.3. The van der Waals surface area contributed by atoms with Gasteiger partial charge >= 0.3 is 0 Å². The molecule has 0 aliphatic heterocycles. The van der Waals surface area contributed by atoms with Crippen molar-refractivity contribution in [3.63, 3.8) is 0 Å². The predicted octanol–water partition coefficient (Wildman–Crippen LogP) is 7.28. The molecule has 0 saturated carbocycles. The van der Waals surface area contributed by atoms with E-state index in [0.29, 0.717) is 45.6 Å². The van der Waals surface area contributed by atoms with Crippen LogP contribution in [-0.2, 0) is 9.59 Å². The van der Waals surface area contributed by atoms with Gasteiger partial charge in [-0.1, -0.05) is 48.0 Å². The van der Waals surface area contributed by atoms with Gasteiger partial charge in [0.05, 0.1) is 24.0 Å². The summed E-state index contributed by atoms with van der Waals surface area (Å²) in [6.45, 7) is 4.22. The Bertz CT molecular complexity index is 1640. The molecule has 0 radical (unpaired) electrons. The number of hydrogen-bond acceptors (Lipinski definition) is 6. The third-order valence-corrected chi connectivity index (χ3v) is 7.61. The van der Waals surface area contributed by atoms with Gasteiger partial charge < -0.3 is 25.4 Å². The van der Waals surface area contributed by atoms with Crippen LogP contribution in [0.3, 0.4) is 0 Å². The molecule has 0 fully saturated rings. The Morgan fingerprint density at radius 2 is 1.61 bits per heavy atom. The first-order chi connectivity index (χ1) is 21.2. The number of benzene rings is 4. The number of hydrogen-bond donors (Lipinski definition) is 3. The van der Waals surface area contributed by atoms with Gasteiger partial charge in [-0.3, -0.25) is 14.4 Å². The van der Waals surface area contributed by atoms with Gasteiger partial charge in [-0.2, -0.15) is 0 Å². The Labute approximate surface area is 265 Å². The third kappa shape index (κ3) is 9.13. The highest BCUT2D eigenvalue weighted by atomic mass is 35.5. The van der Waals surface area contributed by atoms with Crippen LogP contribution in [0.15, 0.2) is 108 Å². The van der Waals surface area contributed by atoms with E-state index in [-0.39, 0.29) is 11.6 Å². The molecule has 0 heterocycles. The average Bonchev–Trinajstić information content (AvgIpc) is 3.02. The van der Waals surface area contributed by atoms with Crippen LogP contribution < -0.4 is 25.4 Å². The summed E-state index contributed by atoms with van der Waals surface area (Å²) < 4.78 is 10.7. The zero-order valence-corrected chi connectivity index (χ0v) is 26.0. The monoisotopic (exact) mass is 629 g/mol. The highest BCUT2D eigenvalue weighted by Crippen LogP contribution is 2.29. The van der Waals surface area contributed by atoms with Crippen LogP contribution in [0.1, 0.15) is 29.8 Å². The van der Waals surface area contributed by atoms with Gasteiger partial charge in [0.2, 0.25) is 5.91 Å². The van der Waals surface area contributed by atoms with E-state index < -0.39 is 17.1 Å². The van der Waals surface area contributed by atoms with Crippen LogP contribution in [0.5, 0.6) is 11.5 Å². The van der Waals surface area contributed by atoms with Crippen molar-refractivity contribution >= 4 is 58.5 Å². The SMILES string of the molecule is CCOc1ccc(/C=C(/NC(=O)c2ccccc2)C(=O)Nc2cccc(SC(C)C(=O)Nc3ccc(OC)c(Cl)c3)c2)cc1.